The van der Waals surface area contributed by atoms with E-state index in [4.69, 9.17) is 38.4 Å². The van der Waals surface area contributed by atoms with Crippen LogP contribution in [-0.2, 0) is 16.0 Å². The Morgan fingerprint density at radius 1 is 1.35 bits per heavy atom. The number of ether oxygens (including phenoxy) is 2. The van der Waals surface area contributed by atoms with Gasteiger partial charge in [-0.25, -0.2) is 4.79 Å². The largest absolute Gasteiger partial charge is 0.480 e. The van der Waals surface area contributed by atoms with Crippen molar-refractivity contribution in [1.82, 2.24) is 0 Å². The lowest BCUT2D eigenvalue weighted by Crippen LogP contribution is -2.22. The van der Waals surface area contributed by atoms with Crippen LogP contribution in [0, 0.1) is 0 Å². The van der Waals surface area contributed by atoms with Gasteiger partial charge in [0.1, 0.15) is 5.75 Å². The van der Waals surface area contributed by atoms with E-state index in [1.807, 2.05) is 6.92 Å². The lowest BCUT2D eigenvalue weighted by molar-refractivity contribution is -0.145. The zero-order valence-electron chi connectivity index (χ0n) is 11.6. The first kappa shape index (κ1) is 17.1. The Morgan fingerprint density at radius 3 is 2.65 bits per heavy atom. The molecule has 0 spiro atoms. The SMILES string of the molecule is CCOC(=O)COc1c(Cl)cc(Cl)cc1CC(N)CC. The van der Waals surface area contributed by atoms with E-state index in [1.54, 1.807) is 19.1 Å². The fraction of sp³-hybridized carbons (Fsp3) is 0.500. The van der Waals surface area contributed by atoms with Gasteiger partial charge in [0, 0.05) is 11.1 Å². The molecule has 20 heavy (non-hydrogen) atoms. The number of esters is 1. The van der Waals surface area contributed by atoms with Crippen LogP contribution >= 0.6 is 23.2 Å². The van der Waals surface area contributed by atoms with Crippen LogP contribution in [0.4, 0.5) is 0 Å². The molecular weight excluding hydrogens is 301 g/mol. The first-order chi connectivity index (χ1) is 9.47. The van der Waals surface area contributed by atoms with Crippen LogP contribution in [0.1, 0.15) is 25.8 Å². The van der Waals surface area contributed by atoms with Crippen molar-refractivity contribution in [3.8, 4) is 5.75 Å². The molecule has 0 heterocycles. The van der Waals surface area contributed by atoms with Crippen molar-refractivity contribution in [2.24, 2.45) is 5.73 Å². The zero-order valence-corrected chi connectivity index (χ0v) is 13.1. The summed E-state index contributed by atoms with van der Waals surface area (Å²) >= 11 is 12.1. The summed E-state index contributed by atoms with van der Waals surface area (Å²) in [4.78, 5) is 11.3. The van der Waals surface area contributed by atoms with Gasteiger partial charge in [-0.15, -0.1) is 0 Å². The number of carbonyl (C=O) groups is 1. The number of hydrogen-bond donors (Lipinski definition) is 1. The van der Waals surface area contributed by atoms with Crippen molar-refractivity contribution in [3.63, 3.8) is 0 Å². The molecule has 1 unspecified atom stereocenters. The van der Waals surface area contributed by atoms with Gasteiger partial charge in [-0.1, -0.05) is 30.1 Å². The molecule has 0 amide bonds. The predicted octanol–water partition coefficient (Wildman–Crippen LogP) is 3.22. The van der Waals surface area contributed by atoms with Crippen LogP contribution < -0.4 is 10.5 Å². The molecule has 0 bridgehead atoms. The van der Waals surface area contributed by atoms with E-state index in [0.29, 0.717) is 28.8 Å². The monoisotopic (exact) mass is 319 g/mol. The third-order valence-electron chi connectivity index (χ3n) is 2.73. The fourth-order valence-electron chi connectivity index (χ4n) is 1.69. The van der Waals surface area contributed by atoms with Crippen molar-refractivity contribution in [1.29, 1.82) is 0 Å². The number of rotatable bonds is 7. The topological polar surface area (TPSA) is 61.5 Å². The highest BCUT2D eigenvalue weighted by Crippen LogP contribution is 2.33. The molecule has 0 aliphatic heterocycles. The van der Waals surface area contributed by atoms with Crippen molar-refractivity contribution >= 4 is 29.2 Å². The maximum absolute atomic E-state index is 11.3. The summed E-state index contributed by atoms with van der Waals surface area (Å²) in [5.74, 6) is -0.00252. The summed E-state index contributed by atoms with van der Waals surface area (Å²) in [6.07, 6.45) is 1.40. The van der Waals surface area contributed by atoms with Gasteiger partial charge in [0.2, 0.25) is 0 Å². The summed E-state index contributed by atoms with van der Waals surface area (Å²) in [5.41, 5.74) is 6.74. The Bertz CT molecular complexity index is 466. The molecule has 0 saturated carbocycles. The van der Waals surface area contributed by atoms with Gasteiger partial charge in [-0.2, -0.15) is 0 Å². The molecule has 1 atom stereocenters. The van der Waals surface area contributed by atoms with Crippen LogP contribution in [0.25, 0.3) is 0 Å². The Kier molecular flexibility index (Phi) is 7.13. The van der Waals surface area contributed by atoms with Gasteiger partial charge < -0.3 is 15.2 Å². The van der Waals surface area contributed by atoms with Gasteiger partial charge in [-0.3, -0.25) is 0 Å². The molecule has 0 saturated heterocycles. The van der Waals surface area contributed by atoms with Gasteiger partial charge in [0.25, 0.3) is 0 Å². The maximum Gasteiger partial charge on any atom is 0.344 e. The predicted molar refractivity (Wildman–Crippen MR) is 80.6 cm³/mol. The van der Waals surface area contributed by atoms with Crippen LogP contribution in [0.2, 0.25) is 10.0 Å². The molecular formula is C14H19Cl2NO3. The van der Waals surface area contributed by atoms with E-state index in [9.17, 15) is 4.79 Å². The normalized spacial score (nSPS) is 12.1. The van der Waals surface area contributed by atoms with E-state index < -0.39 is 5.97 Å². The van der Waals surface area contributed by atoms with E-state index in [2.05, 4.69) is 0 Å². The Balaban J connectivity index is 2.89. The average Bonchev–Trinajstić information content (AvgIpc) is 2.37. The summed E-state index contributed by atoms with van der Waals surface area (Å²) in [7, 11) is 0. The lowest BCUT2D eigenvalue weighted by atomic mass is 10.0. The van der Waals surface area contributed by atoms with Gasteiger partial charge in [0.05, 0.1) is 11.6 Å². The smallest absolute Gasteiger partial charge is 0.344 e. The minimum Gasteiger partial charge on any atom is -0.480 e. The quantitative estimate of drug-likeness (QED) is 0.784. The molecule has 1 rings (SSSR count). The molecule has 6 heteroatoms. The van der Waals surface area contributed by atoms with Gasteiger partial charge >= 0.3 is 5.97 Å². The molecule has 112 valence electrons. The maximum atomic E-state index is 11.3. The molecule has 1 aromatic carbocycles. The van der Waals surface area contributed by atoms with Gasteiger partial charge in [0.15, 0.2) is 6.61 Å². The summed E-state index contributed by atoms with van der Waals surface area (Å²) in [6, 6.07) is 3.31. The van der Waals surface area contributed by atoms with Gasteiger partial charge in [-0.05, 0) is 37.5 Å². The first-order valence-electron chi connectivity index (χ1n) is 6.49. The minimum atomic E-state index is -0.441. The second-order valence-corrected chi connectivity index (χ2v) is 5.19. The van der Waals surface area contributed by atoms with Crippen LogP contribution in [0.5, 0.6) is 5.75 Å². The molecule has 0 radical (unpaired) electrons. The standard InChI is InChI=1S/C14H19Cl2NO3/c1-3-11(17)6-9-5-10(15)7-12(16)14(9)20-8-13(18)19-4-2/h5,7,11H,3-4,6,8,17H2,1-2H3. The van der Waals surface area contributed by atoms with Crippen LogP contribution in [0.15, 0.2) is 12.1 Å². The van der Waals surface area contributed by atoms with E-state index in [0.717, 1.165) is 12.0 Å². The molecule has 2 N–H and O–H groups in total. The Labute approximate surface area is 129 Å². The third-order valence-corrected chi connectivity index (χ3v) is 3.23. The zero-order chi connectivity index (χ0) is 15.1. The minimum absolute atomic E-state index is 0.0190. The van der Waals surface area contributed by atoms with Crippen molar-refractivity contribution in [3.05, 3.63) is 27.7 Å². The van der Waals surface area contributed by atoms with Crippen molar-refractivity contribution in [2.45, 2.75) is 32.7 Å². The molecule has 0 aliphatic carbocycles. The highest BCUT2D eigenvalue weighted by molar-refractivity contribution is 6.35. The number of benzene rings is 1. The number of carbonyl (C=O) groups excluding carboxylic acids is 1. The highest BCUT2D eigenvalue weighted by Gasteiger charge is 2.15. The van der Waals surface area contributed by atoms with Crippen LogP contribution in [-0.4, -0.2) is 25.2 Å². The van der Waals surface area contributed by atoms with E-state index in [-0.39, 0.29) is 12.6 Å². The molecule has 1 aromatic rings. The Hall–Kier alpha value is -0.970. The second-order valence-electron chi connectivity index (χ2n) is 4.34. The van der Waals surface area contributed by atoms with Crippen molar-refractivity contribution < 1.29 is 14.3 Å². The number of nitrogens with two attached hydrogens (primary N) is 1. The Morgan fingerprint density at radius 2 is 2.05 bits per heavy atom. The first-order valence-corrected chi connectivity index (χ1v) is 7.25. The molecule has 4 nitrogen and oxygen atoms in total. The molecule has 0 fully saturated rings. The summed E-state index contributed by atoms with van der Waals surface area (Å²) in [6.45, 7) is 3.85. The third kappa shape index (κ3) is 5.19. The number of hydrogen-bond acceptors (Lipinski definition) is 4. The summed E-state index contributed by atoms with van der Waals surface area (Å²) < 4.78 is 10.3. The average molecular weight is 320 g/mol. The molecule has 0 aliphatic rings. The summed E-state index contributed by atoms with van der Waals surface area (Å²) in [5, 5.41) is 0.872. The van der Waals surface area contributed by atoms with Crippen molar-refractivity contribution in [2.75, 3.05) is 13.2 Å². The highest BCUT2D eigenvalue weighted by atomic mass is 35.5. The number of halogens is 2. The van der Waals surface area contributed by atoms with E-state index in [1.165, 1.54) is 0 Å². The lowest BCUT2D eigenvalue weighted by Gasteiger charge is -2.16. The fourth-order valence-corrected chi connectivity index (χ4v) is 2.28. The van der Waals surface area contributed by atoms with Crippen LogP contribution in [0.3, 0.4) is 0 Å². The van der Waals surface area contributed by atoms with E-state index >= 15 is 0 Å². The second kappa shape index (κ2) is 8.35. The molecule has 0 aromatic heterocycles.